The van der Waals surface area contributed by atoms with E-state index in [0.29, 0.717) is 11.3 Å². The maximum atomic E-state index is 14.0. The number of halogens is 4. The lowest BCUT2D eigenvalue weighted by Gasteiger charge is -2.28. The Morgan fingerprint density at radius 1 is 0.903 bits per heavy atom. The van der Waals surface area contributed by atoms with Crippen LogP contribution in [0.2, 0.25) is 0 Å². The average Bonchev–Trinajstić information content (AvgIpc) is 3.15. The molecule has 0 fully saturated rings. The van der Waals surface area contributed by atoms with Gasteiger partial charge in [-0.15, -0.1) is 0 Å². The lowest BCUT2D eigenvalue weighted by molar-refractivity contribution is -0.0622. The molecule has 0 spiro atoms. The van der Waals surface area contributed by atoms with Crippen LogP contribution < -0.4 is 5.01 Å². The molecule has 2 atom stereocenters. The van der Waals surface area contributed by atoms with Gasteiger partial charge in [-0.1, -0.05) is 64.5 Å². The number of esters is 1. The molecule has 0 amide bonds. The molecular weight excluding hydrogens is 473 g/mol. The van der Waals surface area contributed by atoms with Crippen molar-refractivity contribution in [3.05, 3.63) is 101 Å². The molecule has 3 aromatic rings. The molecule has 0 bridgehead atoms. The normalized spacial score (nSPS) is 18.6. The third-order valence-corrected chi connectivity index (χ3v) is 5.34. The molecule has 2 unspecified atom stereocenters. The van der Waals surface area contributed by atoms with E-state index in [1.165, 1.54) is 0 Å². The van der Waals surface area contributed by atoms with Gasteiger partial charge in [-0.25, -0.2) is 9.80 Å². The molecule has 8 heteroatoms. The van der Waals surface area contributed by atoms with Gasteiger partial charge in [0.25, 0.3) is 0 Å². The molecular formula is C23H16BrF3N2O2. The summed E-state index contributed by atoms with van der Waals surface area (Å²) in [6, 6.07) is 22.9. The van der Waals surface area contributed by atoms with Gasteiger partial charge in [-0.2, -0.15) is 18.3 Å². The summed E-state index contributed by atoms with van der Waals surface area (Å²) in [4.78, 5) is 12.8. The van der Waals surface area contributed by atoms with Gasteiger partial charge in [-0.05, 0) is 42.0 Å². The van der Waals surface area contributed by atoms with Crippen molar-refractivity contribution in [1.82, 2.24) is 0 Å². The second kappa shape index (κ2) is 8.55. The van der Waals surface area contributed by atoms with E-state index in [1.807, 2.05) is 0 Å². The number of carbonyl (C=O) groups excluding carboxylic acids is 1. The van der Waals surface area contributed by atoms with Crippen LogP contribution in [-0.2, 0) is 4.74 Å². The van der Waals surface area contributed by atoms with E-state index in [1.54, 1.807) is 84.9 Å². The van der Waals surface area contributed by atoms with E-state index in [-0.39, 0.29) is 5.56 Å². The summed E-state index contributed by atoms with van der Waals surface area (Å²) < 4.78 is 48.3. The Balaban J connectivity index is 1.80. The summed E-state index contributed by atoms with van der Waals surface area (Å²) in [5.74, 6) is -2.04. The number of anilines is 1. The fourth-order valence-electron chi connectivity index (χ4n) is 3.40. The first-order chi connectivity index (χ1) is 14.8. The predicted octanol–water partition coefficient (Wildman–Crippen LogP) is 6.15. The van der Waals surface area contributed by atoms with Crippen molar-refractivity contribution in [3.8, 4) is 0 Å². The third kappa shape index (κ3) is 4.49. The number of rotatable bonds is 4. The van der Waals surface area contributed by atoms with Crippen molar-refractivity contribution in [3.63, 3.8) is 0 Å². The fourth-order valence-corrected chi connectivity index (χ4v) is 3.66. The first kappa shape index (κ1) is 21.1. The Kier molecular flexibility index (Phi) is 5.82. The standard InChI is InChI=1S/C23H16BrF3N2O2/c24-17-11-13-18(14-12-17)29-21(31-22(30)16-9-5-2-6-10-16)19(15-7-3-1-4-8-15)20(28-29)23(25,26)27/h1-14,19,21H. The summed E-state index contributed by atoms with van der Waals surface area (Å²) in [6.45, 7) is 0. The molecule has 31 heavy (non-hydrogen) atoms. The number of hydrogen-bond acceptors (Lipinski definition) is 4. The van der Waals surface area contributed by atoms with Crippen LogP contribution in [0, 0.1) is 0 Å². The van der Waals surface area contributed by atoms with Gasteiger partial charge >= 0.3 is 12.1 Å². The van der Waals surface area contributed by atoms with Crippen molar-refractivity contribution in [2.75, 3.05) is 5.01 Å². The van der Waals surface area contributed by atoms with Gasteiger partial charge in [0, 0.05) is 4.47 Å². The van der Waals surface area contributed by atoms with E-state index in [2.05, 4.69) is 21.0 Å². The van der Waals surface area contributed by atoms with Crippen LogP contribution in [0.4, 0.5) is 18.9 Å². The van der Waals surface area contributed by atoms with E-state index < -0.39 is 30.0 Å². The van der Waals surface area contributed by atoms with Crippen LogP contribution >= 0.6 is 15.9 Å². The highest BCUT2D eigenvalue weighted by molar-refractivity contribution is 9.10. The third-order valence-electron chi connectivity index (χ3n) is 4.81. The second-order valence-corrected chi connectivity index (χ2v) is 7.77. The first-order valence-electron chi connectivity index (χ1n) is 9.36. The van der Waals surface area contributed by atoms with Crippen molar-refractivity contribution in [2.24, 2.45) is 5.10 Å². The maximum absolute atomic E-state index is 14.0. The molecule has 0 saturated carbocycles. The smallest absolute Gasteiger partial charge is 0.432 e. The number of alkyl halides is 3. The quantitative estimate of drug-likeness (QED) is 0.413. The summed E-state index contributed by atoms with van der Waals surface area (Å²) in [7, 11) is 0. The molecule has 1 aliphatic rings. The number of hydrazone groups is 1. The van der Waals surface area contributed by atoms with Gasteiger partial charge in [0.05, 0.1) is 17.2 Å². The Hall–Kier alpha value is -3.13. The van der Waals surface area contributed by atoms with Crippen LogP contribution in [0.1, 0.15) is 21.8 Å². The molecule has 0 saturated heterocycles. The molecule has 0 aromatic heterocycles. The monoisotopic (exact) mass is 488 g/mol. The van der Waals surface area contributed by atoms with Crippen LogP contribution in [0.3, 0.4) is 0 Å². The maximum Gasteiger partial charge on any atom is 0.432 e. The average molecular weight is 489 g/mol. The molecule has 0 radical (unpaired) electrons. The Morgan fingerprint density at radius 2 is 1.48 bits per heavy atom. The Bertz CT molecular complexity index is 1090. The lowest BCUT2D eigenvalue weighted by Crippen LogP contribution is -2.39. The van der Waals surface area contributed by atoms with Gasteiger partial charge in [0.1, 0.15) is 0 Å². The van der Waals surface area contributed by atoms with Crippen molar-refractivity contribution in [1.29, 1.82) is 0 Å². The van der Waals surface area contributed by atoms with Crippen molar-refractivity contribution in [2.45, 2.75) is 18.3 Å². The highest BCUT2D eigenvalue weighted by Gasteiger charge is 2.52. The number of hydrogen-bond donors (Lipinski definition) is 0. The number of ether oxygens (including phenoxy) is 1. The first-order valence-corrected chi connectivity index (χ1v) is 10.2. The highest BCUT2D eigenvalue weighted by Crippen LogP contribution is 2.41. The van der Waals surface area contributed by atoms with Gasteiger partial charge in [0.2, 0.25) is 6.23 Å². The zero-order valence-corrected chi connectivity index (χ0v) is 17.5. The number of carbonyl (C=O) groups is 1. The number of benzene rings is 3. The van der Waals surface area contributed by atoms with Crippen LogP contribution in [0.5, 0.6) is 0 Å². The molecule has 0 N–H and O–H groups in total. The number of nitrogens with zero attached hydrogens (tertiary/aromatic N) is 2. The summed E-state index contributed by atoms with van der Waals surface area (Å²) in [6.07, 6.45) is -6.02. The zero-order valence-electron chi connectivity index (χ0n) is 16.0. The van der Waals surface area contributed by atoms with E-state index in [0.717, 1.165) is 9.48 Å². The lowest BCUT2D eigenvalue weighted by atomic mass is 9.92. The minimum Gasteiger partial charge on any atom is -0.435 e. The predicted molar refractivity (Wildman–Crippen MR) is 115 cm³/mol. The molecule has 1 aliphatic heterocycles. The van der Waals surface area contributed by atoms with E-state index in [4.69, 9.17) is 4.74 Å². The summed E-state index contributed by atoms with van der Waals surface area (Å²) >= 11 is 3.31. The van der Waals surface area contributed by atoms with Crippen LogP contribution in [0.25, 0.3) is 0 Å². The van der Waals surface area contributed by atoms with Gasteiger partial charge in [-0.3, -0.25) is 0 Å². The van der Waals surface area contributed by atoms with Crippen LogP contribution in [0.15, 0.2) is 94.5 Å². The summed E-state index contributed by atoms with van der Waals surface area (Å²) in [5, 5.41) is 5.00. The van der Waals surface area contributed by atoms with Gasteiger partial charge < -0.3 is 4.74 Å². The van der Waals surface area contributed by atoms with Crippen LogP contribution in [-0.4, -0.2) is 24.1 Å². The molecule has 1 heterocycles. The topological polar surface area (TPSA) is 41.9 Å². The molecule has 158 valence electrons. The largest absolute Gasteiger partial charge is 0.435 e. The van der Waals surface area contributed by atoms with Crippen molar-refractivity contribution < 1.29 is 22.7 Å². The molecule has 3 aromatic carbocycles. The zero-order chi connectivity index (χ0) is 22.0. The fraction of sp³-hybridized carbons (Fsp3) is 0.130. The Labute approximate surface area is 185 Å². The minimum atomic E-state index is -4.71. The highest BCUT2D eigenvalue weighted by atomic mass is 79.9. The molecule has 4 rings (SSSR count). The van der Waals surface area contributed by atoms with E-state index in [9.17, 15) is 18.0 Å². The Morgan fingerprint density at radius 3 is 2.06 bits per heavy atom. The SMILES string of the molecule is O=C(OC1C(c2ccccc2)C(C(F)(F)F)=NN1c1ccc(Br)cc1)c1ccccc1. The molecule has 4 nitrogen and oxygen atoms in total. The molecule has 0 aliphatic carbocycles. The second-order valence-electron chi connectivity index (χ2n) is 6.85. The van der Waals surface area contributed by atoms with Gasteiger partial charge in [0.15, 0.2) is 5.71 Å². The van der Waals surface area contributed by atoms with Crippen molar-refractivity contribution >= 4 is 33.3 Å². The minimum absolute atomic E-state index is 0.241. The summed E-state index contributed by atoms with van der Waals surface area (Å²) in [5.41, 5.74) is -0.0590. The van der Waals surface area contributed by atoms with E-state index >= 15 is 0 Å².